The van der Waals surface area contributed by atoms with E-state index in [1.54, 1.807) is 18.3 Å². The Balaban J connectivity index is 1.85. The van der Waals surface area contributed by atoms with Crippen molar-refractivity contribution in [1.29, 1.82) is 0 Å². The molecule has 19 heavy (non-hydrogen) atoms. The van der Waals surface area contributed by atoms with E-state index in [-0.39, 0.29) is 0 Å². The van der Waals surface area contributed by atoms with Crippen molar-refractivity contribution in [3.05, 3.63) is 58.3 Å². The Morgan fingerprint density at radius 2 is 2.00 bits per heavy atom. The second-order valence-electron chi connectivity index (χ2n) is 4.84. The lowest BCUT2D eigenvalue weighted by Gasteiger charge is -2.25. The van der Waals surface area contributed by atoms with Crippen molar-refractivity contribution in [3.63, 3.8) is 0 Å². The highest BCUT2D eigenvalue weighted by Gasteiger charge is 2.22. The maximum Gasteiger partial charge on any atom is 0.0992 e. The number of nitrogens with one attached hydrogen (secondary N) is 1. The van der Waals surface area contributed by atoms with Gasteiger partial charge in [0.25, 0.3) is 0 Å². The first kappa shape index (κ1) is 14.2. The standard InChI is InChI=1S/C15H19NO2S/c1-15(18,13-5-3-2-4-6-13)11-16-9-14(17)12-7-8-19-10-12/h2-8,10,14,16-18H,9,11H2,1H3. The van der Waals surface area contributed by atoms with E-state index in [9.17, 15) is 10.2 Å². The van der Waals surface area contributed by atoms with E-state index in [0.29, 0.717) is 13.1 Å². The van der Waals surface area contributed by atoms with E-state index in [2.05, 4.69) is 5.32 Å². The number of rotatable bonds is 6. The van der Waals surface area contributed by atoms with Gasteiger partial charge in [0, 0.05) is 13.1 Å². The Bertz CT molecular complexity index is 482. The highest BCUT2D eigenvalue weighted by atomic mass is 32.1. The van der Waals surface area contributed by atoms with Crippen LogP contribution in [0.2, 0.25) is 0 Å². The molecule has 2 atom stereocenters. The molecule has 4 heteroatoms. The van der Waals surface area contributed by atoms with Crippen LogP contribution in [0, 0.1) is 0 Å². The maximum absolute atomic E-state index is 10.4. The lowest BCUT2D eigenvalue weighted by molar-refractivity contribution is 0.0524. The molecule has 0 aliphatic heterocycles. The third-order valence-corrected chi connectivity index (χ3v) is 3.83. The summed E-state index contributed by atoms with van der Waals surface area (Å²) in [6.45, 7) is 2.60. The molecular weight excluding hydrogens is 258 g/mol. The van der Waals surface area contributed by atoms with Crippen LogP contribution in [-0.2, 0) is 5.60 Å². The number of thiophene rings is 1. The second kappa shape index (κ2) is 6.30. The molecule has 0 fully saturated rings. The second-order valence-corrected chi connectivity index (χ2v) is 5.62. The van der Waals surface area contributed by atoms with Gasteiger partial charge in [0.15, 0.2) is 0 Å². The Hall–Kier alpha value is -1.20. The monoisotopic (exact) mass is 277 g/mol. The summed E-state index contributed by atoms with van der Waals surface area (Å²) < 4.78 is 0. The quantitative estimate of drug-likeness (QED) is 0.759. The lowest BCUT2D eigenvalue weighted by Crippen LogP contribution is -2.37. The smallest absolute Gasteiger partial charge is 0.0992 e. The van der Waals surface area contributed by atoms with Crippen LogP contribution in [0.25, 0.3) is 0 Å². The van der Waals surface area contributed by atoms with Gasteiger partial charge in [0.2, 0.25) is 0 Å². The predicted molar refractivity (Wildman–Crippen MR) is 78.2 cm³/mol. The van der Waals surface area contributed by atoms with Crippen molar-refractivity contribution in [2.45, 2.75) is 18.6 Å². The number of hydrogen-bond donors (Lipinski definition) is 3. The molecule has 3 N–H and O–H groups in total. The van der Waals surface area contributed by atoms with Crippen LogP contribution in [-0.4, -0.2) is 23.3 Å². The van der Waals surface area contributed by atoms with Crippen LogP contribution in [0.15, 0.2) is 47.2 Å². The van der Waals surface area contributed by atoms with E-state index in [1.165, 1.54) is 0 Å². The predicted octanol–water partition coefficient (Wildman–Crippen LogP) is 2.28. The minimum Gasteiger partial charge on any atom is -0.387 e. The van der Waals surface area contributed by atoms with Crippen molar-refractivity contribution >= 4 is 11.3 Å². The Kier molecular flexibility index (Phi) is 4.71. The fourth-order valence-electron chi connectivity index (χ4n) is 1.93. The largest absolute Gasteiger partial charge is 0.387 e. The summed E-state index contributed by atoms with van der Waals surface area (Å²) in [5.41, 5.74) is 0.847. The Labute approximate surface area is 117 Å². The van der Waals surface area contributed by atoms with Gasteiger partial charge in [-0.15, -0.1) is 0 Å². The third kappa shape index (κ3) is 3.88. The summed E-state index contributed by atoms with van der Waals surface area (Å²) in [5.74, 6) is 0. The van der Waals surface area contributed by atoms with Gasteiger partial charge in [-0.1, -0.05) is 30.3 Å². The zero-order valence-electron chi connectivity index (χ0n) is 10.9. The van der Waals surface area contributed by atoms with Gasteiger partial charge < -0.3 is 15.5 Å². The molecular formula is C15H19NO2S. The van der Waals surface area contributed by atoms with E-state index in [0.717, 1.165) is 11.1 Å². The zero-order valence-corrected chi connectivity index (χ0v) is 11.7. The van der Waals surface area contributed by atoms with Crippen LogP contribution in [0.5, 0.6) is 0 Å². The van der Waals surface area contributed by atoms with Crippen LogP contribution >= 0.6 is 11.3 Å². The van der Waals surface area contributed by atoms with Crippen molar-refractivity contribution in [1.82, 2.24) is 5.32 Å². The van der Waals surface area contributed by atoms with Gasteiger partial charge in [-0.2, -0.15) is 11.3 Å². The molecule has 3 nitrogen and oxygen atoms in total. The topological polar surface area (TPSA) is 52.5 Å². The molecule has 102 valence electrons. The SMILES string of the molecule is CC(O)(CNCC(O)c1ccsc1)c1ccccc1. The summed E-state index contributed by atoms with van der Waals surface area (Å²) in [6.07, 6.45) is -0.530. The molecule has 0 radical (unpaired) electrons. The van der Waals surface area contributed by atoms with Gasteiger partial charge in [0.05, 0.1) is 11.7 Å². The molecule has 0 saturated carbocycles. The number of hydrogen-bond acceptors (Lipinski definition) is 4. The fraction of sp³-hybridized carbons (Fsp3) is 0.333. The van der Waals surface area contributed by atoms with E-state index >= 15 is 0 Å². The van der Waals surface area contributed by atoms with E-state index in [1.807, 2.05) is 47.2 Å². The third-order valence-electron chi connectivity index (χ3n) is 3.13. The summed E-state index contributed by atoms with van der Waals surface area (Å²) >= 11 is 1.57. The molecule has 2 unspecified atom stereocenters. The van der Waals surface area contributed by atoms with Gasteiger partial charge >= 0.3 is 0 Å². The number of aliphatic hydroxyl groups excluding tert-OH is 1. The first-order valence-corrected chi connectivity index (χ1v) is 7.22. The molecule has 0 aliphatic rings. The summed E-state index contributed by atoms with van der Waals surface area (Å²) in [7, 11) is 0. The molecule has 0 amide bonds. The summed E-state index contributed by atoms with van der Waals surface area (Å²) in [4.78, 5) is 0. The van der Waals surface area contributed by atoms with Crippen molar-refractivity contribution in [2.75, 3.05) is 13.1 Å². The molecule has 0 aliphatic carbocycles. The molecule has 0 bridgehead atoms. The van der Waals surface area contributed by atoms with Crippen LogP contribution in [0.1, 0.15) is 24.2 Å². The lowest BCUT2D eigenvalue weighted by atomic mass is 9.96. The Morgan fingerprint density at radius 3 is 2.63 bits per heavy atom. The van der Waals surface area contributed by atoms with Crippen molar-refractivity contribution < 1.29 is 10.2 Å². The first-order valence-electron chi connectivity index (χ1n) is 6.28. The fourth-order valence-corrected chi connectivity index (χ4v) is 2.64. The van der Waals surface area contributed by atoms with Crippen LogP contribution in [0.3, 0.4) is 0 Å². The molecule has 2 aromatic rings. The first-order chi connectivity index (χ1) is 9.09. The summed E-state index contributed by atoms with van der Waals surface area (Å²) in [6, 6.07) is 11.4. The van der Waals surface area contributed by atoms with Crippen LogP contribution < -0.4 is 5.32 Å². The zero-order chi connectivity index (χ0) is 13.7. The number of benzene rings is 1. The van der Waals surface area contributed by atoms with E-state index < -0.39 is 11.7 Å². The van der Waals surface area contributed by atoms with Crippen molar-refractivity contribution in [3.8, 4) is 0 Å². The maximum atomic E-state index is 10.4. The van der Waals surface area contributed by atoms with E-state index in [4.69, 9.17) is 0 Å². The summed E-state index contributed by atoms with van der Waals surface area (Å²) in [5, 5.41) is 27.3. The van der Waals surface area contributed by atoms with Crippen LogP contribution in [0.4, 0.5) is 0 Å². The van der Waals surface area contributed by atoms with Gasteiger partial charge in [-0.05, 0) is 34.9 Å². The minimum absolute atomic E-state index is 0.401. The Morgan fingerprint density at radius 1 is 1.26 bits per heavy atom. The van der Waals surface area contributed by atoms with Gasteiger partial charge in [-0.25, -0.2) is 0 Å². The van der Waals surface area contributed by atoms with Gasteiger partial charge in [-0.3, -0.25) is 0 Å². The normalized spacial score (nSPS) is 15.9. The number of aliphatic hydroxyl groups is 2. The molecule has 1 heterocycles. The molecule has 2 rings (SSSR count). The van der Waals surface area contributed by atoms with Crippen molar-refractivity contribution in [2.24, 2.45) is 0 Å². The molecule has 0 spiro atoms. The molecule has 1 aromatic carbocycles. The highest BCUT2D eigenvalue weighted by Crippen LogP contribution is 2.20. The average molecular weight is 277 g/mol. The highest BCUT2D eigenvalue weighted by molar-refractivity contribution is 7.07. The molecule has 0 saturated heterocycles. The molecule has 1 aromatic heterocycles. The minimum atomic E-state index is -0.935. The van der Waals surface area contributed by atoms with Gasteiger partial charge in [0.1, 0.15) is 0 Å². The average Bonchev–Trinajstić information content (AvgIpc) is 2.93.